The van der Waals surface area contributed by atoms with Crippen molar-refractivity contribution in [1.82, 2.24) is 5.01 Å². The predicted molar refractivity (Wildman–Crippen MR) is 63.4 cm³/mol. The minimum atomic E-state index is -5.15. The molecule has 1 amide bonds. The van der Waals surface area contributed by atoms with Gasteiger partial charge in [-0.2, -0.15) is 23.3 Å². The average molecular weight is 342 g/mol. The molecule has 0 aromatic heterocycles. The van der Waals surface area contributed by atoms with Crippen molar-refractivity contribution in [2.75, 3.05) is 0 Å². The van der Waals surface area contributed by atoms with Gasteiger partial charge >= 0.3 is 12.5 Å². The Morgan fingerprint density at radius 1 is 1.17 bits per heavy atom. The number of nitrogens with zero attached hydrogens (tertiary/aromatic N) is 2. The van der Waals surface area contributed by atoms with Crippen LogP contribution in [-0.2, 0) is 0 Å². The second kappa shape index (κ2) is 5.41. The lowest BCUT2D eigenvalue weighted by Crippen LogP contribution is -2.56. The third-order valence-electron chi connectivity index (χ3n) is 2.90. The Kier molecular flexibility index (Phi) is 4.01. The van der Waals surface area contributed by atoms with E-state index in [4.69, 9.17) is 0 Å². The van der Waals surface area contributed by atoms with Crippen molar-refractivity contribution in [2.24, 2.45) is 5.10 Å². The number of alkyl halides is 6. The molecule has 0 aliphatic carbocycles. The Hall–Kier alpha value is -2.30. The van der Waals surface area contributed by atoms with Crippen LogP contribution in [0.4, 0.5) is 26.3 Å². The Labute approximate surface area is 124 Å². The topological polar surface area (TPSA) is 62.1 Å². The molecule has 2 rings (SSSR count). The molecule has 11 heteroatoms. The number of hydrazone groups is 1. The number of rotatable bonds is 2. The molecular formula is C12H8F6N2O3. The molecule has 1 aromatic rings. The zero-order valence-corrected chi connectivity index (χ0v) is 11.0. The van der Waals surface area contributed by atoms with Gasteiger partial charge in [0.25, 0.3) is 11.6 Å². The number of ether oxygens (including phenoxy) is 1. The molecule has 23 heavy (non-hydrogen) atoms. The molecule has 0 bridgehead atoms. The number of benzene rings is 1. The summed E-state index contributed by atoms with van der Waals surface area (Å²) < 4.78 is 78.1. The molecule has 1 N–H and O–H groups in total. The van der Waals surface area contributed by atoms with Crippen molar-refractivity contribution >= 4 is 12.1 Å². The standard InChI is InChI=1S/C12H8F6N2O3/c13-11(14,15)10(22)5-6-19-20(10)9(21)7-1-3-8(4-2-7)23-12(16,17)18/h1-4,6,22H,5H2/t10-/m0/s1. The molecule has 0 spiro atoms. The van der Waals surface area contributed by atoms with Gasteiger partial charge in [-0.15, -0.1) is 13.2 Å². The molecular weight excluding hydrogens is 334 g/mol. The lowest BCUT2D eigenvalue weighted by Gasteiger charge is -2.32. The molecule has 0 radical (unpaired) electrons. The second-order valence-electron chi connectivity index (χ2n) is 4.51. The van der Waals surface area contributed by atoms with Gasteiger partial charge in [0.05, 0.1) is 0 Å². The fourth-order valence-electron chi connectivity index (χ4n) is 1.81. The molecule has 0 saturated heterocycles. The zero-order valence-electron chi connectivity index (χ0n) is 11.0. The highest BCUT2D eigenvalue weighted by molar-refractivity contribution is 5.95. The highest BCUT2D eigenvalue weighted by Gasteiger charge is 2.61. The number of hydrogen-bond acceptors (Lipinski definition) is 4. The van der Waals surface area contributed by atoms with E-state index in [9.17, 15) is 36.2 Å². The monoisotopic (exact) mass is 342 g/mol. The van der Waals surface area contributed by atoms with Gasteiger partial charge in [-0.05, 0) is 24.3 Å². The highest BCUT2D eigenvalue weighted by atomic mass is 19.4. The van der Waals surface area contributed by atoms with Gasteiger partial charge in [0, 0.05) is 18.2 Å². The normalized spacial score (nSPS) is 21.6. The highest BCUT2D eigenvalue weighted by Crippen LogP contribution is 2.39. The SMILES string of the molecule is O=C(c1ccc(OC(F)(F)F)cc1)N1N=CC[C@]1(O)C(F)(F)F. The molecule has 1 aliphatic heterocycles. The minimum absolute atomic E-state index is 0.160. The lowest BCUT2D eigenvalue weighted by atomic mass is 10.1. The van der Waals surface area contributed by atoms with Crippen LogP contribution in [-0.4, -0.2) is 40.5 Å². The van der Waals surface area contributed by atoms with Crippen LogP contribution in [0.15, 0.2) is 29.4 Å². The maximum absolute atomic E-state index is 12.9. The predicted octanol–water partition coefficient (Wildman–Crippen LogP) is 2.67. The lowest BCUT2D eigenvalue weighted by molar-refractivity contribution is -0.297. The van der Waals surface area contributed by atoms with Gasteiger partial charge in [0.15, 0.2) is 0 Å². The first kappa shape index (κ1) is 17.1. The minimum Gasteiger partial charge on any atom is -0.406 e. The molecule has 1 heterocycles. The van der Waals surface area contributed by atoms with E-state index >= 15 is 0 Å². The van der Waals surface area contributed by atoms with Gasteiger partial charge in [-0.1, -0.05) is 0 Å². The summed E-state index contributed by atoms with van der Waals surface area (Å²) >= 11 is 0. The van der Waals surface area contributed by atoms with Gasteiger partial charge in [0.1, 0.15) is 5.75 Å². The van der Waals surface area contributed by atoms with Gasteiger partial charge in [-0.3, -0.25) is 4.79 Å². The number of carbonyl (C=O) groups excluding carboxylic acids is 1. The van der Waals surface area contributed by atoms with E-state index in [-0.39, 0.29) is 5.01 Å². The Morgan fingerprint density at radius 2 is 1.74 bits per heavy atom. The Bertz CT molecular complexity index is 625. The number of carbonyl (C=O) groups is 1. The summed E-state index contributed by atoms with van der Waals surface area (Å²) in [5.41, 5.74) is -3.90. The first-order chi connectivity index (χ1) is 10.4. The summed E-state index contributed by atoms with van der Waals surface area (Å²) in [5, 5.41) is 12.6. The number of hydrogen-bond donors (Lipinski definition) is 1. The van der Waals surface area contributed by atoms with Crippen molar-refractivity contribution in [3.63, 3.8) is 0 Å². The molecule has 1 aromatic carbocycles. The summed E-state index contributed by atoms with van der Waals surface area (Å²) in [5.74, 6) is -1.97. The van der Waals surface area contributed by atoms with Crippen LogP contribution in [0.2, 0.25) is 0 Å². The van der Waals surface area contributed by atoms with Crippen molar-refractivity contribution in [3.05, 3.63) is 29.8 Å². The van der Waals surface area contributed by atoms with Crippen LogP contribution in [0, 0.1) is 0 Å². The van der Waals surface area contributed by atoms with Crippen molar-refractivity contribution < 1.29 is 41.0 Å². The van der Waals surface area contributed by atoms with Crippen LogP contribution >= 0.6 is 0 Å². The molecule has 0 fully saturated rings. The molecule has 126 valence electrons. The average Bonchev–Trinajstić information content (AvgIpc) is 2.80. The number of amides is 1. The Morgan fingerprint density at radius 3 is 2.22 bits per heavy atom. The third-order valence-corrected chi connectivity index (χ3v) is 2.90. The summed E-state index contributed by atoms with van der Waals surface area (Å²) in [6.07, 6.45) is -10.3. The van der Waals surface area contributed by atoms with Crippen LogP contribution in [0.1, 0.15) is 16.8 Å². The number of aliphatic hydroxyl groups is 1. The van der Waals surface area contributed by atoms with E-state index in [0.29, 0.717) is 6.21 Å². The van der Waals surface area contributed by atoms with Crippen LogP contribution < -0.4 is 4.74 Å². The van der Waals surface area contributed by atoms with Crippen molar-refractivity contribution in [1.29, 1.82) is 0 Å². The molecule has 1 atom stereocenters. The molecule has 5 nitrogen and oxygen atoms in total. The van der Waals surface area contributed by atoms with E-state index in [1.165, 1.54) is 0 Å². The molecule has 0 unspecified atom stereocenters. The first-order valence-corrected chi connectivity index (χ1v) is 5.96. The molecule has 0 saturated carbocycles. The second-order valence-corrected chi connectivity index (χ2v) is 4.51. The van der Waals surface area contributed by atoms with Gasteiger partial charge in [-0.25, -0.2) is 0 Å². The van der Waals surface area contributed by atoms with E-state index in [2.05, 4.69) is 9.84 Å². The maximum Gasteiger partial charge on any atom is 0.573 e. The third kappa shape index (κ3) is 3.38. The maximum atomic E-state index is 12.9. The van der Waals surface area contributed by atoms with E-state index < -0.39 is 41.9 Å². The van der Waals surface area contributed by atoms with Gasteiger partial charge < -0.3 is 9.84 Å². The summed E-state index contributed by atoms with van der Waals surface area (Å²) in [7, 11) is 0. The summed E-state index contributed by atoms with van der Waals surface area (Å²) in [6, 6.07) is 3.17. The summed E-state index contributed by atoms with van der Waals surface area (Å²) in [4.78, 5) is 12.0. The quantitative estimate of drug-likeness (QED) is 0.841. The van der Waals surface area contributed by atoms with Gasteiger partial charge in [0.2, 0.25) is 0 Å². The van der Waals surface area contributed by atoms with Crippen LogP contribution in [0.25, 0.3) is 0 Å². The van der Waals surface area contributed by atoms with E-state index in [0.717, 1.165) is 24.3 Å². The Balaban J connectivity index is 2.22. The van der Waals surface area contributed by atoms with E-state index in [1.54, 1.807) is 0 Å². The summed E-state index contributed by atoms with van der Waals surface area (Å²) in [6.45, 7) is 0. The van der Waals surface area contributed by atoms with Crippen molar-refractivity contribution in [2.45, 2.75) is 24.7 Å². The van der Waals surface area contributed by atoms with Crippen LogP contribution in [0.5, 0.6) is 5.75 Å². The zero-order chi connectivity index (χ0) is 17.5. The molecule has 1 aliphatic rings. The van der Waals surface area contributed by atoms with Crippen LogP contribution in [0.3, 0.4) is 0 Å². The fourth-order valence-corrected chi connectivity index (χ4v) is 1.81. The smallest absolute Gasteiger partial charge is 0.406 e. The number of halogens is 6. The van der Waals surface area contributed by atoms with E-state index in [1.807, 2.05) is 0 Å². The van der Waals surface area contributed by atoms with Crippen molar-refractivity contribution in [3.8, 4) is 5.75 Å². The largest absolute Gasteiger partial charge is 0.573 e. The first-order valence-electron chi connectivity index (χ1n) is 5.96. The fraction of sp³-hybridized carbons (Fsp3) is 0.333.